The van der Waals surface area contributed by atoms with Crippen molar-refractivity contribution in [3.8, 4) is 11.5 Å². The van der Waals surface area contributed by atoms with Crippen LogP contribution in [-0.4, -0.2) is 46.0 Å². The van der Waals surface area contributed by atoms with Gasteiger partial charge in [0.25, 0.3) is 0 Å². The smallest absolute Gasteiger partial charge is 0.387 e. The van der Waals surface area contributed by atoms with E-state index in [1.165, 1.54) is 13.2 Å². The highest BCUT2D eigenvalue weighted by molar-refractivity contribution is 14.0. The number of hydrogen-bond donors (Lipinski definition) is 2. The lowest BCUT2D eigenvalue weighted by molar-refractivity contribution is -0.0504. The molecule has 0 aromatic heterocycles. The SMILES string of the molecule is CCNC(=NCc1cc(OC)ccc1OC(F)F)NCCCOCC(C)C.I. The number of alkyl halides is 2. The molecule has 0 aliphatic rings. The summed E-state index contributed by atoms with van der Waals surface area (Å²) in [5, 5.41) is 6.34. The standard InChI is InChI=1S/C19H31F2N3O3.HI/c1-5-22-19(23-9-6-10-26-13-14(2)3)24-12-15-11-16(25-4)7-8-17(15)27-18(20)21;/h7-8,11,14,18H,5-6,9-10,12-13H2,1-4H3,(H2,22,23,24);1H. The van der Waals surface area contributed by atoms with Crippen molar-refractivity contribution in [2.75, 3.05) is 33.4 Å². The van der Waals surface area contributed by atoms with E-state index >= 15 is 0 Å². The minimum absolute atomic E-state index is 0. The summed E-state index contributed by atoms with van der Waals surface area (Å²) < 4.78 is 40.5. The summed E-state index contributed by atoms with van der Waals surface area (Å²) in [6.07, 6.45) is 0.843. The van der Waals surface area contributed by atoms with Crippen LogP contribution in [0.2, 0.25) is 0 Å². The van der Waals surface area contributed by atoms with Crippen molar-refractivity contribution in [2.24, 2.45) is 10.9 Å². The molecule has 1 rings (SSSR count). The van der Waals surface area contributed by atoms with Gasteiger partial charge in [-0.05, 0) is 37.5 Å². The molecule has 1 aromatic rings. The number of guanidine groups is 1. The molecule has 9 heteroatoms. The molecular formula is C19H32F2IN3O3. The van der Waals surface area contributed by atoms with Crippen molar-refractivity contribution in [1.29, 1.82) is 0 Å². The largest absolute Gasteiger partial charge is 0.497 e. The van der Waals surface area contributed by atoms with Crippen molar-refractivity contribution in [3.05, 3.63) is 23.8 Å². The lowest BCUT2D eigenvalue weighted by atomic mass is 10.2. The van der Waals surface area contributed by atoms with Crippen LogP contribution >= 0.6 is 24.0 Å². The summed E-state index contributed by atoms with van der Waals surface area (Å²) in [5.41, 5.74) is 0.520. The average molecular weight is 515 g/mol. The Balaban J connectivity index is 0.00000729. The fourth-order valence-corrected chi connectivity index (χ4v) is 2.22. The Labute approximate surface area is 183 Å². The molecule has 6 nitrogen and oxygen atoms in total. The van der Waals surface area contributed by atoms with Gasteiger partial charge < -0.3 is 24.8 Å². The van der Waals surface area contributed by atoms with E-state index in [0.717, 1.165) is 13.0 Å². The fourth-order valence-electron chi connectivity index (χ4n) is 2.22. The van der Waals surface area contributed by atoms with Crippen molar-refractivity contribution in [3.63, 3.8) is 0 Å². The Morgan fingerprint density at radius 3 is 2.57 bits per heavy atom. The third-order valence-corrected chi connectivity index (χ3v) is 3.44. The van der Waals surface area contributed by atoms with Crippen molar-refractivity contribution in [1.82, 2.24) is 10.6 Å². The summed E-state index contributed by atoms with van der Waals surface area (Å²) in [6.45, 7) is 6.27. The third-order valence-electron chi connectivity index (χ3n) is 3.44. The zero-order valence-electron chi connectivity index (χ0n) is 17.0. The number of hydrogen-bond acceptors (Lipinski definition) is 4. The molecule has 0 spiro atoms. The molecule has 1 aromatic carbocycles. The zero-order valence-corrected chi connectivity index (χ0v) is 19.3. The summed E-state index contributed by atoms with van der Waals surface area (Å²) in [7, 11) is 1.52. The van der Waals surface area contributed by atoms with Crippen molar-refractivity contribution in [2.45, 2.75) is 40.3 Å². The highest BCUT2D eigenvalue weighted by atomic mass is 127. The summed E-state index contributed by atoms with van der Waals surface area (Å²) in [6, 6.07) is 4.68. The van der Waals surface area contributed by atoms with E-state index in [2.05, 4.69) is 34.2 Å². The van der Waals surface area contributed by atoms with Gasteiger partial charge in [-0.3, -0.25) is 0 Å². The maximum Gasteiger partial charge on any atom is 0.387 e. The first-order chi connectivity index (χ1) is 13.0. The lowest BCUT2D eigenvalue weighted by Gasteiger charge is -2.14. The Bertz CT molecular complexity index is 575. The molecule has 0 heterocycles. The first-order valence-electron chi connectivity index (χ1n) is 9.17. The van der Waals surface area contributed by atoms with Gasteiger partial charge in [0.1, 0.15) is 11.5 Å². The van der Waals surface area contributed by atoms with Crippen LogP contribution in [0.25, 0.3) is 0 Å². The van der Waals surface area contributed by atoms with E-state index in [4.69, 9.17) is 9.47 Å². The van der Waals surface area contributed by atoms with Gasteiger partial charge in [-0.1, -0.05) is 13.8 Å². The summed E-state index contributed by atoms with van der Waals surface area (Å²) in [4.78, 5) is 4.45. The van der Waals surface area contributed by atoms with Gasteiger partial charge in [0, 0.05) is 31.9 Å². The van der Waals surface area contributed by atoms with Crippen LogP contribution in [0.15, 0.2) is 23.2 Å². The second kappa shape index (κ2) is 15.5. The molecule has 0 aliphatic carbocycles. The maximum absolute atomic E-state index is 12.6. The van der Waals surface area contributed by atoms with E-state index in [0.29, 0.717) is 42.9 Å². The number of benzene rings is 1. The second-order valence-corrected chi connectivity index (χ2v) is 6.30. The fraction of sp³-hybridized carbons (Fsp3) is 0.632. The predicted octanol–water partition coefficient (Wildman–Crippen LogP) is 4.03. The van der Waals surface area contributed by atoms with Crippen LogP contribution in [0.1, 0.15) is 32.8 Å². The van der Waals surface area contributed by atoms with Gasteiger partial charge in [-0.15, -0.1) is 24.0 Å². The van der Waals surface area contributed by atoms with Gasteiger partial charge in [0.05, 0.1) is 13.7 Å². The molecule has 0 unspecified atom stereocenters. The number of nitrogens with one attached hydrogen (secondary N) is 2. The van der Waals surface area contributed by atoms with E-state index in [1.807, 2.05) is 6.92 Å². The molecule has 2 N–H and O–H groups in total. The summed E-state index contributed by atoms with van der Waals surface area (Å²) in [5.74, 6) is 1.77. The van der Waals surface area contributed by atoms with E-state index < -0.39 is 6.61 Å². The van der Waals surface area contributed by atoms with Crippen LogP contribution in [0.3, 0.4) is 0 Å². The van der Waals surface area contributed by atoms with Crippen LogP contribution < -0.4 is 20.1 Å². The summed E-state index contributed by atoms with van der Waals surface area (Å²) >= 11 is 0. The third kappa shape index (κ3) is 11.5. The first kappa shape index (κ1) is 26.6. The first-order valence-corrected chi connectivity index (χ1v) is 9.17. The van der Waals surface area contributed by atoms with E-state index in [1.54, 1.807) is 12.1 Å². The second-order valence-electron chi connectivity index (χ2n) is 6.30. The van der Waals surface area contributed by atoms with Crippen LogP contribution in [-0.2, 0) is 11.3 Å². The molecule has 0 bridgehead atoms. The van der Waals surface area contributed by atoms with Crippen molar-refractivity contribution >= 4 is 29.9 Å². The number of ether oxygens (including phenoxy) is 3. The highest BCUT2D eigenvalue weighted by Crippen LogP contribution is 2.26. The number of halogens is 3. The van der Waals surface area contributed by atoms with Gasteiger partial charge in [0.15, 0.2) is 5.96 Å². The maximum atomic E-state index is 12.6. The van der Waals surface area contributed by atoms with Gasteiger partial charge >= 0.3 is 6.61 Å². The molecule has 0 aliphatic heterocycles. The van der Waals surface area contributed by atoms with Gasteiger partial charge in [-0.25, -0.2) is 4.99 Å². The molecule has 0 fully saturated rings. The number of rotatable bonds is 12. The normalized spacial score (nSPS) is 11.4. The predicted molar refractivity (Wildman–Crippen MR) is 118 cm³/mol. The number of methoxy groups -OCH3 is 1. The topological polar surface area (TPSA) is 64.1 Å². The average Bonchev–Trinajstić information content (AvgIpc) is 2.62. The van der Waals surface area contributed by atoms with Crippen LogP contribution in [0.5, 0.6) is 11.5 Å². The Hall–Kier alpha value is -1.36. The highest BCUT2D eigenvalue weighted by Gasteiger charge is 2.11. The molecular weight excluding hydrogens is 483 g/mol. The number of aliphatic imine (C=N–C) groups is 1. The van der Waals surface area contributed by atoms with Crippen molar-refractivity contribution < 1.29 is 23.0 Å². The zero-order chi connectivity index (χ0) is 20.1. The molecule has 0 amide bonds. The van der Waals surface area contributed by atoms with Gasteiger partial charge in [-0.2, -0.15) is 8.78 Å². The molecule has 0 saturated heterocycles. The minimum atomic E-state index is -2.89. The van der Waals surface area contributed by atoms with E-state index in [9.17, 15) is 8.78 Å². The monoisotopic (exact) mass is 515 g/mol. The van der Waals surface area contributed by atoms with Crippen LogP contribution in [0.4, 0.5) is 8.78 Å². The Morgan fingerprint density at radius 2 is 1.96 bits per heavy atom. The minimum Gasteiger partial charge on any atom is -0.497 e. The molecule has 0 atom stereocenters. The molecule has 162 valence electrons. The quantitative estimate of drug-likeness (QED) is 0.191. The molecule has 28 heavy (non-hydrogen) atoms. The van der Waals surface area contributed by atoms with E-state index in [-0.39, 0.29) is 36.3 Å². The molecule has 0 saturated carbocycles. The van der Waals surface area contributed by atoms with Gasteiger partial charge in [0.2, 0.25) is 0 Å². The number of nitrogens with zero attached hydrogens (tertiary/aromatic N) is 1. The lowest BCUT2D eigenvalue weighted by Crippen LogP contribution is -2.38. The Morgan fingerprint density at radius 1 is 1.21 bits per heavy atom. The Kier molecular flexibility index (Phi) is 14.8. The molecule has 0 radical (unpaired) electrons. The van der Waals surface area contributed by atoms with Crippen LogP contribution in [0, 0.1) is 5.92 Å².